The van der Waals surface area contributed by atoms with Gasteiger partial charge in [-0.2, -0.15) is 5.26 Å². The molecule has 1 aliphatic heterocycles. The average molecular weight is 418 g/mol. The van der Waals surface area contributed by atoms with E-state index in [9.17, 15) is 10.1 Å². The number of hydrogen-bond donors (Lipinski definition) is 0. The van der Waals surface area contributed by atoms with Crippen molar-refractivity contribution in [3.05, 3.63) is 76.0 Å². The lowest BCUT2D eigenvalue weighted by Crippen LogP contribution is -2.32. The van der Waals surface area contributed by atoms with Gasteiger partial charge < -0.3 is 4.90 Å². The summed E-state index contributed by atoms with van der Waals surface area (Å²) < 4.78 is 0. The minimum atomic E-state index is -0.426. The van der Waals surface area contributed by atoms with Crippen LogP contribution in [-0.2, 0) is 4.79 Å². The fourth-order valence-electron chi connectivity index (χ4n) is 4.54. The van der Waals surface area contributed by atoms with E-state index in [1.54, 1.807) is 0 Å². The van der Waals surface area contributed by atoms with E-state index in [4.69, 9.17) is 16.6 Å². The highest BCUT2D eigenvalue weighted by molar-refractivity contribution is 6.30. The van der Waals surface area contributed by atoms with E-state index in [1.165, 1.54) is 0 Å². The third kappa shape index (κ3) is 3.66. The predicted octanol–water partition coefficient (Wildman–Crippen LogP) is 5.50. The van der Waals surface area contributed by atoms with Crippen molar-refractivity contribution < 1.29 is 4.79 Å². The van der Waals surface area contributed by atoms with Gasteiger partial charge in [-0.25, -0.2) is 0 Å². The molecule has 0 radical (unpaired) electrons. The zero-order chi connectivity index (χ0) is 21.4. The Morgan fingerprint density at radius 3 is 2.27 bits per heavy atom. The Kier molecular flexibility index (Phi) is 5.49. The molecule has 3 atom stereocenters. The Morgan fingerprint density at radius 1 is 1.03 bits per heavy atom. The van der Waals surface area contributed by atoms with E-state index in [1.807, 2.05) is 74.4 Å². The molecule has 30 heavy (non-hydrogen) atoms. The van der Waals surface area contributed by atoms with E-state index < -0.39 is 5.92 Å². The number of carbonyl (C=O) groups is 1. The van der Waals surface area contributed by atoms with Crippen LogP contribution in [0.4, 0.5) is 5.69 Å². The van der Waals surface area contributed by atoms with Gasteiger partial charge in [-0.1, -0.05) is 35.9 Å². The number of rotatable bonds is 3. The van der Waals surface area contributed by atoms with Crippen LogP contribution in [0, 0.1) is 17.2 Å². The van der Waals surface area contributed by atoms with E-state index in [-0.39, 0.29) is 17.6 Å². The third-order valence-corrected chi connectivity index (χ3v) is 6.39. The number of aliphatic imine (C=N–C) groups is 1. The van der Waals surface area contributed by atoms with Crippen molar-refractivity contribution in [1.29, 1.82) is 5.26 Å². The molecule has 0 bridgehead atoms. The van der Waals surface area contributed by atoms with Crippen molar-refractivity contribution in [3.8, 4) is 6.07 Å². The maximum absolute atomic E-state index is 13.3. The van der Waals surface area contributed by atoms with Crippen molar-refractivity contribution in [3.63, 3.8) is 0 Å². The summed E-state index contributed by atoms with van der Waals surface area (Å²) in [6.07, 6.45) is 1.13. The van der Waals surface area contributed by atoms with Crippen LogP contribution >= 0.6 is 11.6 Å². The minimum absolute atomic E-state index is 0.0838. The fraction of sp³-hybridized carbons (Fsp3) is 0.320. The third-order valence-electron chi connectivity index (χ3n) is 6.14. The predicted molar refractivity (Wildman–Crippen MR) is 121 cm³/mol. The molecule has 2 aromatic carbocycles. The summed E-state index contributed by atoms with van der Waals surface area (Å²) in [7, 11) is 3.99. The largest absolute Gasteiger partial charge is 0.378 e. The molecule has 0 saturated carbocycles. The van der Waals surface area contributed by atoms with Gasteiger partial charge in [0, 0.05) is 54.1 Å². The molecule has 1 heterocycles. The van der Waals surface area contributed by atoms with Crippen LogP contribution in [0.1, 0.15) is 42.7 Å². The van der Waals surface area contributed by atoms with Gasteiger partial charge in [0.05, 0.1) is 12.0 Å². The van der Waals surface area contributed by atoms with Crippen LogP contribution in [0.2, 0.25) is 5.02 Å². The highest BCUT2D eigenvalue weighted by Gasteiger charge is 2.41. The molecule has 0 saturated heterocycles. The summed E-state index contributed by atoms with van der Waals surface area (Å²) in [5, 5.41) is 10.6. The van der Waals surface area contributed by atoms with Crippen LogP contribution in [0.3, 0.4) is 0 Å². The number of benzene rings is 2. The molecular weight excluding hydrogens is 394 g/mol. The molecule has 0 amide bonds. The quantitative estimate of drug-likeness (QED) is 0.662. The van der Waals surface area contributed by atoms with E-state index >= 15 is 0 Å². The lowest BCUT2D eigenvalue weighted by atomic mass is 9.69. The molecule has 0 N–H and O–H groups in total. The maximum atomic E-state index is 13.3. The highest BCUT2D eigenvalue weighted by Crippen LogP contribution is 2.46. The number of nitrogens with zero attached hydrogens (tertiary/aromatic N) is 3. The maximum Gasteiger partial charge on any atom is 0.161 e. The minimum Gasteiger partial charge on any atom is -0.378 e. The van der Waals surface area contributed by atoms with E-state index in [0.717, 1.165) is 33.8 Å². The first-order valence-electron chi connectivity index (χ1n) is 10.1. The molecule has 0 spiro atoms. The van der Waals surface area contributed by atoms with Gasteiger partial charge in [0.1, 0.15) is 0 Å². The standard InChI is InChI=1S/C25H24ClN3O/c1-15-21(14-27)24(17-6-10-20(11-7-17)29(2)3)25-22(28-15)12-18(13-23(25)30)16-4-8-19(26)9-5-16/h4-11,18,21,24H,12-13H2,1-3H3/t18-,21?,24+/m0/s1. The van der Waals surface area contributed by atoms with Crippen molar-refractivity contribution in [2.75, 3.05) is 19.0 Å². The van der Waals surface area contributed by atoms with Crippen LogP contribution in [0.15, 0.2) is 64.8 Å². The van der Waals surface area contributed by atoms with Crippen molar-refractivity contribution in [1.82, 2.24) is 0 Å². The zero-order valence-corrected chi connectivity index (χ0v) is 18.1. The number of allylic oxidation sites excluding steroid dienone is 2. The smallest absolute Gasteiger partial charge is 0.161 e. The van der Waals surface area contributed by atoms with Gasteiger partial charge in [0.15, 0.2) is 5.78 Å². The average Bonchev–Trinajstić information content (AvgIpc) is 2.73. The van der Waals surface area contributed by atoms with Crippen LogP contribution < -0.4 is 4.90 Å². The van der Waals surface area contributed by atoms with Crippen molar-refractivity contribution in [2.45, 2.75) is 31.6 Å². The molecule has 4 nitrogen and oxygen atoms in total. The molecule has 152 valence electrons. The Labute approximate surface area is 182 Å². The number of Topliss-reactive ketones (excluding diaryl/α,β-unsaturated/α-hetero) is 1. The van der Waals surface area contributed by atoms with E-state index in [2.05, 4.69) is 6.07 Å². The summed E-state index contributed by atoms with van der Waals surface area (Å²) in [6.45, 7) is 1.90. The number of hydrogen-bond acceptors (Lipinski definition) is 4. The summed E-state index contributed by atoms with van der Waals surface area (Å²) >= 11 is 6.03. The molecule has 5 heteroatoms. The second-order valence-electron chi connectivity index (χ2n) is 8.26. The molecule has 0 fully saturated rings. The molecule has 1 unspecified atom stereocenters. The van der Waals surface area contributed by atoms with E-state index in [0.29, 0.717) is 17.9 Å². The number of anilines is 1. The summed E-state index contributed by atoms with van der Waals surface area (Å²) in [6, 6.07) is 18.2. The monoisotopic (exact) mass is 417 g/mol. The lowest BCUT2D eigenvalue weighted by Gasteiger charge is -2.35. The van der Waals surface area contributed by atoms with Gasteiger partial charge in [0.2, 0.25) is 0 Å². The van der Waals surface area contributed by atoms with Crippen LogP contribution in [0.25, 0.3) is 0 Å². The molecule has 0 aromatic heterocycles. The number of carbonyl (C=O) groups excluding carboxylic acids is 1. The first kappa shape index (κ1) is 20.4. The molecular formula is C25H24ClN3O. The normalized spacial score (nSPS) is 23.5. The number of nitriles is 1. The second kappa shape index (κ2) is 8.08. The topological polar surface area (TPSA) is 56.5 Å². The number of ketones is 1. The molecule has 2 aromatic rings. The first-order chi connectivity index (χ1) is 14.4. The Hall–Kier alpha value is -2.90. The van der Waals surface area contributed by atoms with Gasteiger partial charge in [-0.05, 0) is 54.7 Å². The Balaban J connectivity index is 1.75. The molecule has 2 aliphatic rings. The SMILES string of the molecule is CC1=NC2=C(C(=O)C[C@@H](c3ccc(Cl)cc3)C2)[C@H](c2ccc(N(C)C)cc2)C1C#N. The summed E-state index contributed by atoms with van der Waals surface area (Å²) in [4.78, 5) is 20.1. The highest BCUT2D eigenvalue weighted by atomic mass is 35.5. The van der Waals surface area contributed by atoms with Crippen LogP contribution in [-0.4, -0.2) is 25.6 Å². The number of halogens is 1. The summed E-state index contributed by atoms with van der Waals surface area (Å²) in [5.74, 6) is -0.516. The lowest BCUT2D eigenvalue weighted by molar-refractivity contribution is -0.116. The van der Waals surface area contributed by atoms with Gasteiger partial charge >= 0.3 is 0 Å². The zero-order valence-electron chi connectivity index (χ0n) is 17.4. The van der Waals surface area contributed by atoms with Gasteiger partial charge in [-0.15, -0.1) is 0 Å². The molecule has 4 rings (SSSR count). The summed E-state index contributed by atoms with van der Waals surface area (Å²) in [5.41, 5.74) is 5.50. The van der Waals surface area contributed by atoms with Crippen LogP contribution in [0.5, 0.6) is 0 Å². The Morgan fingerprint density at radius 2 is 1.67 bits per heavy atom. The van der Waals surface area contributed by atoms with Gasteiger partial charge in [-0.3, -0.25) is 9.79 Å². The fourth-order valence-corrected chi connectivity index (χ4v) is 4.66. The van der Waals surface area contributed by atoms with Crippen molar-refractivity contribution >= 4 is 28.8 Å². The first-order valence-corrected chi connectivity index (χ1v) is 10.5. The van der Waals surface area contributed by atoms with Gasteiger partial charge in [0.25, 0.3) is 0 Å². The Bertz CT molecular complexity index is 1070. The second-order valence-corrected chi connectivity index (χ2v) is 8.70. The van der Waals surface area contributed by atoms with Crippen molar-refractivity contribution in [2.24, 2.45) is 10.9 Å². The molecule has 1 aliphatic carbocycles.